The maximum atomic E-state index is 13.6. The maximum Gasteiger partial charge on any atom is 0.169 e. The van der Waals surface area contributed by atoms with Crippen molar-refractivity contribution in [3.63, 3.8) is 0 Å². The van der Waals surface area contributed by atoms with Crippen LogP contribution in [-0.4, -0.2) is 18.2 Å². The molecule has 1 saturated heterocycles. The van der Waals surface area contributed by atoms with Gasteiger partial charge in [0.15, 0.2) is 11.6 Å². The first-order valence-electron chi connectivity index (χ1n) is 4.57. The summed E-state index contributed by atoms with van der Waals surface area (Å²) in [5.41, 5.74) is 0.441. The van der Waals surface area contributed by atoms with E-state index in [1.807, 2.05) is 0 Å². The minimum absolute atomic E-state index is 0.0783. The molecule has 0 saturated carbocycles. The Hall–Kier alpha value is -0.800. The molecule has 2 N–H and O–H groups in total. The summed E-state index contributed by atoms with van der Waals surface area (Å²) in [4.78, 5) is 0. The highest BCUT2D eigenvalue weighted by atomic mass is 35.5. The molecule has 4 heteroatoms. The van der Waals surface area contributed by atoms with E-state index in [0.717, 1.165) is 19.5 Å². The van der Waals surface area contributed by atoms with Crippen LogP contribution in [-0.2, 0) is 0 Å². The molecule has 1 aliphatic heterocycles. The van der Waals surface area contributed by atoms with Gasteiger partial charge >= 0.3 is 0 Å². The van der Waals surface area contributed by atoms with Crippen molar-refractivity contribution in [2.24, 2.45) is 0 Å². The minimum Gasteiger partial charge on any atom is -0.505 e. The SMILES string of the molecule is Oc1ccc(Cl)c(C2CCNC2)c1F. The van der Waals surface area contributed by atoms with Crippen molar-refractivity contribution in [1.29, 1.82) is 0 Å². The first-order valence-corrected chi connectivity index (χ1v) is 4.95. The van der Waals surface area contributed by atoms with Crippen molar-refractivity contribution in [2.45, 2.75) is 12.3 Å². The van der Waals surface area contributed by atoms with Gasteiger partial charge in [0.25, 0.3) is 0 Å². The molecule has 0 aromatic heterocycles. The normalized spacial score (nSPS) is 21.4. The molecule has 1 unspecified atom stereocenters. The predicted molar refractivity (Wildman–Crippen MR) is 53.3 cm³/mol. The summed E-state index contributed by atoms with van der Waals surface area (Å²) in [5, 5.41) is 12.8. The number of phenolic OH excluding ortho intramolecular Hbond substituents is 1. The average Bonchev–Trinajstić information content (AvgIpc) is 2.65. The number of phenols is 1. The van der Waals surface area contributed by atoms with E-state index in [9.17, 15) is 9.50 Å². The Morgan fingerprint density at radius 2 is 2.29 bits per heavy atom. The van der Waals surface area contributed by atoms with Gasteiger partial charge in [-0.2, -0.15) is 0 Å². The Labute approximate surface area is 86.7 Å². The number of hydrogen-bond acceptors (Lipinski definition) is 2. The van der Waals surface area contributed by atoms with Gasteiger partial charge in [-0.05, 0) is 25.1 Å². The summed E-state index contributed by atoms with van der Waals surface area (Å²) in [6, 6.07) is 2.82. The second-order valence-electron chi connectivity index (χ2n) is 3.48. The van der Waals surface area contributed by atoms with Crippen LogP contribution in [0.3, 0.4) is 0 Å². The molecule has 0 spiro atoms. The predicted octanol–water partition coefficient (Wildman–Crippen LogP) is 2.26. The van der Waals surface area contributed by atoms with Crippen molar-refractivity contribution >= 4 is 11.6 Å². The summed E-state index contributed by atoms with van der Waals surface area (Å²) in [6.45, 7) is 1.59. The molecule has 76 valence electrons. The molecule has 1 atom stereocenters. The lowest BCUT2D eigenvalue weighted by Crippen LogP contribution is -2.09. The van der Waals surface area contributed by atoms with Gasteiger partial charge in [-0.25, -0.2) is 4.39 Å². The van der Waals surface area contributed by atoms with Gasteiger partial charge in [0, 0.05) is 23.0 Å². The smallest absolute Gasteiger partial charge is 0.169 e. The number of hydrogen-bond donors (Lipinski definition) is 2. The molecule has 0 radical (unpaired) electrons. The van der Waals surface area contributed by atoms with Crippen LogP contribution in [0.5, 0.6) is 5.75 Å². The van der Waals surface area contributed by atoms with E-state index >= 15 is 0 Å². The molecule has 1 aliphatic rings. The number of benzene rings is 1. The monoisotopic (exact) mass is 215 g/mol. The Morgan fingerprint density at radius 1 is 1.50 bits per heavy atom. The molecular formula is C10H11ClFNO. The summed E-state index contributed by atoms with van der Waals surface area (Å²) in [5.74, 6) is -0.822. The highest BCUT2D eigenvalue weighted by molar-refractivity contribution is 6.31. The highest BCUT2D eigenvalue weighted by Crippen LogP contribution is 2.34. The van der Waals surface area contributed by atoms with E-state index in [4.69, 9.17) is 11.6 Å². The maximum absolute atomic E-state index is 13.6. The van der Waals surface area contributed by atoms with Crippen LogP contribution in [0.15, 0.2) is 12.1 Å². The molecule has 0 aliphatic carbocycles. The van der Waals surface area contributed by atoms with Crippen LogP contribution < -0.4 is 5.32 Å². The van der Waals surface area contributed by atoms with Crippen LogP contribution in [0.25, 0.3) is 0 Å². The quantitative estimate of drug-likeness (QED) is 0.753. The van der Waals surface area contributed by atoms with Gasteiger partial charge in [-0.3, -0.25) is 0 Å². The van der Waals surface area contributed by atoms with E-state index in [2.05, 4.69) is 5.32 Å². The summed E-state index contributed by atoms with van der Waals surface area (Å²) >= 11 is 5.90. The van der Waals surface area contributed by atoms with Gasteiger partial charge in [0.05, 0.1) is 0 Å². The number of rotatable bonds is 1. The molecule has 0 bridgehead atoms. The van der Waals surface area contributed by atoms with Crippen molar-refractivity contribution in [1.82, 2.24) is 5.32 Å². The number of halogens is 2. The highest BCUT2D eigenvalue weighted by Gasteiger charge is 2.24. The van der Waals surface area contributed by atoms with Gasteiger partial charge in [0.2, 0.25) is 0 Å². The molecule has 0 amide bonds. The van der Waals surface area contributed by atoms with Crippen LogP contribution in [0.1, 0.15) is 17.9 Å². The second kappa shape index (κ2) is 3.75. The third-order valence-electron chi connectivity index (χ3n) is 2.57. The molecule has 1 aromatic carbocycles. The number of nitrogens with one attached hydrogen (secondary N) is 1. The van der Waals surface area contributed by atoms with E-state index in [-0.39, 0.29) is 11.7 Å². The summed E-state index contributed by atoms with van der Waals surface area (Å²) < 4.78 is 13.6. The molecule has 1 heterocycles. The van der Waals surface area contributed by atoms with Gasteiger partial charge in [-0.15, -0.1) is 0 Å². The van der Waals surface area contributed by atoms with Crippen LogP contribution in [0, 0.1) is 5.82 Å². The van der Waals surface area contributed by atoms with Gasteiger partial charge in [0.1, 0.15) is 0 Å². The Morgan fingerprint density at radius 3 is 2.93 bits per heavy atom. The largest absolute Gasteiger partial charge is 0.505 e. The topological polar surface area (TPSA) is 32.3 Å². The van der Waals surface area contributed by atoms with Crippen molar-refractivity contribution in [2.75, 3.05) is 13.1 Å². The summed E-state index contributed by atoms with van der Waals surface area (Å²) in [7, 11) is 0. The lowest BCUT2D eigenvalue weighted by molar-refractivity contribution is 0.426. The lowest BCUT2D eigenvalue weighted by atomic mass is 9.97. The van der Waals surface area contributed by atoms with Gasteiger partial charge in [-0.1, -0.05) is 11.6 Å². The zero-order valence-electron chi connectivity index (χ0n) is 7.56. The third-order valence-corrected chi connectivity index (χ3v) is 2.90. The van der Waals surface area contributed by atoms with Crippen molar-refractivity contribution < 1.29 is 9.50 Å². The minimum atomic E-state index is -0.578. The van der Waals surface area contributed by atoms with Crippen molar-refractivity contribution in [3.8, 4) is 5.75 Å². The first kappa shape index (κ1) is 9.74. The average molecular weight is 216 g/mol. The molecule has 1 aromatic rings. The lowest BCUT2D eigenvalue weighted by Gasteiger charge is -2.12. The van der Waals surface area contributed by atoms with E-state index in [1.165, 1.54) is 12.1 Å². The summed E-state index contributed by atoms with van der Waals surface area (Å²) in [6.07, 6.45) is 0.861. The zero-order valence-corrected chi connectivity index (χ0v) is 8.31. The fourth-order valence-electron chi connectivity index (χ4n) is 1.83. The Bertz CT molecular complexity index is 350. The van der Waals surface area contributed by atoms with Gasteiger partial charge < -0.3 is 10.4 Å². The fraction of sp³-hybridized carbons (Fsp3) is 0.400. The molecule has 1 fully saturated rings. The van der Waals surface area contributed by atoms with E-state index < -0.39 is 5.82 Å². The van der Waals surface area contributed by atoms with E-state index in [1.54, 1.807) is 0 Å². The standard InChI is InChI=1S/C10H11ClFNO/c11-7-1-2-8(14)10(12)9(7)6-3-4-13-5-6/h1-2,6,13-14H,3-5H2. The first-order chi connectivity index (χ1) is 6.70. The second-order valence-corrected chi connectivity index (χ2v) is 3.89. The number of aromatic hydroxyl groups is 1. The third kappa shape index (κ3) is 1.57. The molecule has 2 nitrogen and oxygen atoms in total. The Balaban J connectivity index is 2.44. The van der Waals surface area contributed by atoms with Crippen LogP contribution in [0.2, 0.25) is 5.02 Å². The Kier molecular flexibility index (Phi) is 2.61. The van der Waals surface area contributed by atoms with Crippen LogP contribution in [0.4, 0.5) is 4.39 Å². The molecule has 14 heavy (non-hydrogen) atoms. The van der Waals surface area contributed by atoms with Crippen molar-refractivity contribution in [3.05, 3.63) is 28.5 Å². The van der Waals surface area contributed by atoms with Crippen LogP contribution >= 0.6 is 11.6 Å². The zero-order chi connectivity index (χ0) is 10.1. The molecule has 2 rings (SSSR count). The molecular weight excluding hydrogens is 205 g/mol. The fourth-order valence-corrected chi connectivity index (χ4v) is 2.13. The van der Waals surface area contributed by atoms with E-state index in [0.29, 0.717) is 10.6 Å².